The number of amides is 2. The molecule has 1 fully saturated rings. The van der Waals surface area contributed by atoms with Crippen molar-refractivity contribution in [2.75, 3.05) is 39.3 Å². The van der Waals surface area contributed by atoms with Crippen molar-refractivity contribution in [2.45, 2.75) is 90.5 Å². The number of halogens is 1. The van der Waals surface area contributed by atoms with Crippen LogP contribution in [0.25, 0.3) is 11.1 Å². The van der Waals surface area contributed by atoms with Crippen molar-refractivity contribution in [1.29, 1.82) is 0 Å². The van der Waals surface area contributed by atoms with Gasteiger partial charge in [-0.25, -0.2) is 14.2 Å². The van der Waals surface area contributed by atoms with Crippen molar-refractivity contribution in [3.8, 4) is 11.1 Å². The number of carbonyl (C=O) groups excluding carboxylic acids is 1. The molecule has 45 heavy (non-hydrogen) atoms. The number of hydrogen-bond donors (Lipinski definition) is 7. The minimum absolute atomic E-state index is 0.0547. The molecule has 2 aromatic rings. The summed E-state index contributed by atoms with van der Waals surface area (Å²) < 4.78 is 13.3. The SMILES string of the molecule is CC(C)(C)NC(=O)N[C@@H]1CCCN(C[C@H](F)CN)C1.CC(C)(C)c1ncc(-c2ccc(CNCCCN=C(N)N)cc2)c(=O)[nH]1. The van der Waals surface area contributed by atoms with Crippen molar-refractivity contribution < 1.29 is 9.18 Å². The number of carbonyl (C=O) groups is 1. The fourth-order valence-electron chi connectivity index (χ4n) is 4.68. The van der Waals surface area contributed by atoms with E-state index in [1.54, 1.807) is 6.20 Å². The lowest BCUT2D eigenvalue weighted by molar-refractivity contribution is 0.147. The lowest BCUT2D eigenvalue weighted by Gasteiger charge is -2.34. The second-order valence-electron chi connectivity index (χ2n) is 13.5. The number of aromatic amines is 1. The smallest absolute Gasteiger partial charge is 0.315 e. The van der Waals surface area contributed by atoms with E-state index in [0.29, 0.717) is 31.0 Å². The summed E-state index contributed by atoms with van der Waals surface area (Å²) in [5.41, 5.74) is 17.9. The van der Waals surface area contributed by atoms with Crippen LogP contribution in [0.5, 0.6) is 0 Å². The summed E-state index contributed by atoms with van der Waals surface area (Å²) in [5.74, 6) is 0.813. The number of benzene rings is 1. The Morgan fingerprint density at radius 2 is 1.87 bits per heavy atom. The largest absolute Gasteiger partial charge is 0.370 e. The molecule has 1 aromatic heterocycles. The number of aromatic nitrogens is 2. The molecule has 0 aliphatic carbocycles. The first kappa shape index (κ1) is 37.6. The van der Waals surface area contributed by atoms with Gasteiger partial charge >= 0.3 is 6.03 Å². The molecule has 0 unspecified atom stereocenters. The van der Waals surface area contributed by atoms with Gasteiger partial charge in [0.05, 0.1) is 5.56 Å². The minimum atomic E-state index is -0.984. The van der Waals surface area contributed by atoms with Crippen LogP contribution in [-0.4, -0.2) is 83.9 Å². The number of likely N-dealkylation sites (tertiary alicyclic amines) is 1. The summed E-state index contributed by atoms with van der Waals surface area (Å²) in [6, 6.07) is 7.83. The minimum Gasteiger partial charge on any atom is -0.370 e. The quantitative estimate of drug-likeness (QED) is 0.112. The van der Waals surface area contributed by atoms with Gasteiger partial charge in [-0.1, -0.05) is 45.0 Å². The lowest BCUT2D eigenvalue weighted by Crippen LogP contribution is -2.54. The zero-order chi connectivity index (χ0) is 33.6. The second kappa shape index (κ2) is 17.8. The highest BCUT2D eigenvalue weighted by molar-refractivity contribution is 5.75. The highest BCUT2D eigenvalue weighted by atomic mass is 19.1. The fraction of sp³-hybridized carbons (Fsp3) is 0.625. The molecule has 2 heterocycles. The molecule has 13 heteroatoms. The van der Waals surface area contributed by atoms with E-state index in [1.807, 2.05) is 70.7 Å². The van der Waals surface area contributed by atoms with Gasteiger partial charge in [-0.05, 0) is 64.3 Å². The Morgan fingerprint density at radius 3 is 2.44 bits per heavy atom. The van der Waals surface area contributed by atoms with Crippen LogP contribution in [0.1, 0.15) is 72.2 Å². The number of rotatable bonds is 11. The van der Waals surface area contributed by atoms with E-state index in [0.717, 1.165) is 50.0 Å². The Hall–Kier alpha value is -3.55. The molecular formula is C32H55FN10O2. The number of urea groups is 1. The monoisotopic (exact) mass is 630 g/mol. The Balaban J connectivity index is 0.000000330. The maximum absolute atomic E-state index is 13.3. The van der Waals surface area contributed by atoms with Crippen molar-refractivity contribution >= 4 is 12.0 Å². The molecule has 2 atom stereocenters. The molecule has 10 N–H and O–H groups in total. The number of H-pyrrole nitrogens is 1. The third-order valence-electron chi connectivity index (χ3n) is 6.95. The molecule has 0 radical (unpaired) electrons. The van der Waals surface area contributed by atoms with Gasteiger partial charge in [0.1, 0.15) is 12.0 Å². The van der Waals surface area contributed by atoms with Crippen molar-refractivity contribution in [1.82, 2.24) is 30.8 Å². The van der Waals surface area contributed by atoms with Crippen LogP contribution in [0.15, 0.2) is 40.2 Å². The number of piperidine rings is 1. The summed E-state index contributed by atoms with van der Waals surface area (Å²) in [7, 11) is 0. The highest BCUT2D eigenvalue weighted by Gasteiger charge is 2.24. The molecule has 0 spiro atoms. The summed E-state index contributed by atoms with van der Waals surface area (Å²) in [6.07, 6.45) is 3.45. The normalized spacial score (nSPS) is 16.2. The van der Waals surface area contributed by atoms with E-state index in [-0.39, 0.29) is 41.1 Å². The highest BCUT2D eigenvalue weighted by Crippen LogP contribution is 2.19. The zero-order valence-electron chi connectivity index (χ0n) is 27.9. The van der Waals surface area contributed by atoms with Gasteiger partial charge in [0.2, 0.25) is 0 Å². The first-order valence-corrected chi connectivity index (χ1v) is 15.7. The second-order valence-corrected chi connectivity index (χ2v) is 13.5. The standard InChI is InChI=1S/C19H28N6O.C13H27FN4O/c1-19(2,3)17-24-12-15(16(26)25-17)14-7-5-13(6-8-14)11-22-9-4-10-23-18(20)21;1-13(2,3)17-12(19)16-11-5-4-6-18(9-11)8-10(14)7-15/h5-8,12,22H,4,9-11H2,1-3H3,(H4,20,21,23)(H,24,25,26);10-11H,4-9,15H2,1-3H3,(H2,16,17,19)/t;10-,11-/m.1/s1. The average molecular weight is 631 g/mol. The van der Waals surface area contributed by atoms with Crippen molar-refractivity contribution in [2.24, 2.45) is 22.2 Å². The van der Waals surface area contributed by atoms with Gasteiger partial charge in [-0.3, -0.25) is 14.7 Å². The maximum atomic E-state index is 13.3. The Bertz CT molecular complexity index is 1260. The number of hydrogen-bond acceptors (Lipinski definition) is 7. The molecule has 1 aliphatic heterocycles. The topological polar surface area (TPSA) is 193 Å². The van der Waals surface area contributed by atoms with E-state index in [4.69, 9.17) is 17.2 Å². The zero-order valence-corrected chi connectivity index (χ0v) is 27.9. The molecule has 1 aromatic carbocycles. The van der Waals surface area contributed by atoms with Gasteiger partial charge in [-0.2, -0.15) is 0 Å². The number of nitrogens with two attached hydrogens (primary N) is 3. The van der Waals surface area contributed by atoms with Gasteiger partial charge in [0, 0.05) is 55.9 Å². The van der Waals surface area contributed by atoms with Crippen LogP contribution < -0.4 is 38.7 Å². The van der Waals surface area contributed by atoms with Crippen LogP contribution in [0.4, 0.5) is 9.18 Å². The fourth-order valence-corrected chi connectivity index (χ4v) is 4.68. The molecule has 1 saturated heterocycles. The van der Waals surface area contributed by atoms with E-state index in [1.165, 1.54) is 0 Å². The van der Waals surface area contributed by atoms with E-state index >= 15 is 0 Å². The summed E-state index contributed by atoms with van der Waals surface area (Å²) in [5, 5.41) is 9.16. The van der Waals surface area contributed by atoms with Crippen LogP contribution in [0.3, 0.4) is 0 Å². The molecule has 0 bridgehead atoms. The van der Waals surface area contributed by atoms with E-state index < -0.39 is 6.17 Å². The van der Waals surface area contributed by atoms with Crippen molar-refractivity contribution in [3.05, 3.63) is 52.2 Å². The van der Waals surface area contributed by atoms with E-state index in [9.17, 15) is 14.0 Å². The number of alkyl halides is 1. The summed E-state index contributed by atoms with van der Waals surface area (Å²) in [4.78, 5) is 37.4. The van der Waals surface area contributed by atoms with Gasteiger partial charge in [0.15, 0.2) is 5.96 Å². The van der Waals surface area contributed by atoms with Crippen molar-refractivity contribution in [3.63, 3.8) is 0 Å². The van der Waals surface area contributed by atoms with Gasteiger partial charge < -0.3 is 38.1 Å². The number of nitrogens with one attached hydrogen (secondary N) is 4. The lowest BCUT2D eigenvalue weighted by atomic mass is 9.95. The Kier molecular flexibility index (Phi) is 14.9. The maximum Gasteiger partial charge on any atom is 0.315 e. The molecule has 3 rings (SSSR count). The predicted octanol–water partition coefficient (Wildman–Crippen LogP) is 2.33. The number of nitrogens with zero attached hydrogens (tertiary/aromatic N) is 3. The summed E-state index contributed by atoms with van der Waals surface area (Å²) >= 11 is 0. The average Bonchev–Trinajstić information content (AvgIpc) is 2.94. The Labute approximate surface area is 267 Å². The van der Waals surface area contributed by atoms with Crippen LogP contribution in [-0.2, 0) is 12.0 Å². The van der Waals surface area contributed by atoms with E-state index in [2.05, 4.69) is 30.9 Å². The number of aliphatic imine (C=N–C) groups is 1. The van der Waals surface area contributed by atoms with Gasteiger partial charge in [-0.15, -0.1) is 0 Å². The number of guanidine groups is 1. The molecule has 12 nitrogen and oxygen atoms in total. The molecule has 0 saturated carbocycles. The van der Waals surface area contributed by atoms with Crippen LogP contribution in [0.2, 0.25) is 0 Å². The third-order valence-corrected chi connectivity index (χ3v) is 6.95. The van der Waals surface area contributed by atoms with Gasteiger partial charge in [0.25, 0.3) is 5.56 Å². The van der Waals surface area contributed by atoms with Crippen LogP contribution >= 0.6 is 0 Å². The molecular weight excluding hydrogens is 575 g/mol. The Morgan fingerprint density at radius 1 is 1.18 bits per heavy atom. The summed E-state index contributed by atoms with van der Waals surface area (Å²) in [6.45, 7) is 16.0. The first-order chi connectivity index (χ1) is 21.1. The van der Waals surface area contributed by atoms with Crippen LogP contribution in [0, 0.1) is 0 Å². The molecule has 2 amide bonds. The first-order valence-electron chi connectivity index (χ1n) is 15.7. The predicted molar refractivity (Wildman–Crippen MR) is 181 cm³/mol. The third kappa shape index (κ3) is 14.9. The molecule has 252 valence electrons. The molecule has 1 aliphatic rings.